The molecule has 0 aliphatic carbocycles. The van der Waals surface area contributed by atoms with Crippen molar-refractivity contribution < 1.29 is 0 Å². The van der Waals surface area contributed by atoms with E-state index in [2.05, 4.69) is 87.3 Å². The second-order valence-corrected chi connectivity index (χ2v) is 10.4. The molecule has 5 nitrogen and oxygen atoms in total. The third kappa shape index (κ3) is 4.53. The first kappa shape index (κ1) is 24.8. The van der Waals surface area contributed by atoms with Gasteiger partial charge in [0, 0.05) is 63.5 Å². The van der Waals surface area contributed by atoms with Crippen molar-refractivity contribution in [3.8, 4) is 50.7 Å². The van der Waals surface area contributed by atoms with Crippen molar-refractivity contribution in [2.24, 2.45) is 0 Å². The molecule has 0 amide bonds. The molecule has 3 aromatic carbocycles. The zero-order valence-electron chi connectivity index (χ0n) is 23.2. The predicted octanol–water partition coefficient (Wildman–Crippen LogP) is 9.03. The van der Waals surface area contributed by atoms with Crippen molar-refractivity contribution in [2.75, 3.05) is 0 Å². The Morgan fingerprint density at radius 2 is 0.814 bits per heavy atom. The molecule has 0 aliphatic rings. The van der Waals surface area contributed by atoms with Crippen LogP contribution in [0.15, 0.2) is 152 Å². The van der Waals surface area contributed by atoms with Crippen LogP contribution in [0.4, 0.5) is 0 Å². The number of aromatic nitrogens is 5. The van der Waals surface area contributed by atoms with Gasteiger partial charge in [0.15, 0.2) is 0 Å². The lowest BCUT2D eigenvalue weighted by atomic mass is 10.0. The molecule has 8 aromatic rings. The zero-order chi connectivity index (χ0) is 28.6. The van der Waals surface area contributed by atoms with Gasteiger partial charge in [0.1, 0.15) is 0 Å². The van der Waals surface area contributed by atoms with Crippen molar-refractivity contribution in [1.29, 1.82) is 0 Å². The number of hydrogen-bond acceptors (Lipinski definition) is 4. The van der Waals surface area contributed by atoms with E-state index in [1.807, 2.05) is 79.4 Å². The molecule has 5 heterocycles. The number of rotatable bonds is 5. The first-order valence-corrected chi connectivity index (χ1v) is 14.2. The van der Waals surface area contributed by atoms with Gasteiger partial charge in [0.2, 0.25) is 0 Å². The van der Waals surface area contributed by atoms with Crippen LogP contribution in [0.5, 0.6) is 0 Å². The van der Waals surface area contributed by atoms with Crippen molar-refractivity contribution >= 4 is 21.8 Å². The van der Waals surface area contributed by atoms with Crippen LogP contribution < -0.4 is 0 Å². The van der Waals surface area contributed by atoms with Crippen LogP contribution in [0, 0.1) is 0 Å². The van der Waals surface area contributed by atoms with Crippen LogP contribution in [-0.4, -0.2) is 24.5 Å². The van der Waals surface area contributed by atoms with Gasteiger partial charge in [-0.1, -0.05) is 54.6 Å². The highest BCUT2D eigenvalue weighted by Crippen LogP contribution is 2.37. The number of nitrogens with zero attached hydrogens (tertiary/aromatic N) is 5. The zero-order valence-corrected chi connectivity index (χ0v) is 23.2. The van der Waals surface area contributed by atoms with Crippen molar-refractivity contribution in [3.05, 3.63) is 152 Å². The number of pyridine rings is 4. The molecule has 0 atom stereocenters. The molecule has 8 rings (SSSR count). The molecular formula is C38H25N5. The summed E-state index contributed by atoms with van der Waals surface area (Å²) in [4.78, 5) is 18.5. The Labute approximate surface area is 248 Å². The minimum atomic E-state index is 0.908. The molecule has 0 bridgehead atoms. The van der Waals surface area contributed by atoms with E-state index in [0.717, 1.165) is 61.8 Å². The average molecular weight is 552 g/mol. The summed E-state index contributed by atoms with van der Waals surface area (Å²) in [5, 5.41) is 2.37. The van der Waals surface area contributed by atoms with Gasteiger partial charge < -0.3 is 4.57 Å². The largest absolute Gasteiger partial charge is 0.309 e. The topological polar surface area (TPSA) is 56.5 Å². The quantitative estimate of drug-likeness (QED) is 0.214. The van der Waals surface area contributed by atoms with E-state index in [1.54, 1.807) is 0 Å². The summed E-state index contributed by atoms with van der Waals surface area (Å²) in [6.45, 7) is 0. The Kier molecular flexibility index (Phi) is 6.05. The fourth-order valence-electron chi connectivity index (χ4n) is 5.75. The molecule has 0 unspecified atom stereocenters. The Morgan fingerprint density at radius 1 is 0.349 bits per heavy atom. The van der Waals surface area contributed by atoms with Crippen LogP contribution in [-0.2, 0) is 0 Å². The Hall–Kier alpha value is -5.94. The average Bonchev–Trinajstić information content (AvgIpc) is 3.42. The molecule has 0 radical (unpaired) electrons. The number of fused-ring (bicyclic) bond motifs is 3. The van der Waals surface area contributed by atoms with Gasteiger partial charge in [-0.3, -0.25) is 19.9 Å². The maximum Gasteiger partial charge on any atom is 0.0709 e. The monoisotopic (exact) mass is 551 g/mol. The predicted molar refractivity (Wildman–Crippen MR) is 174 cm³/mol. The molecule has 0 saturated carbocycles. The molecule has 202 valence electrons. The molecular weight excluding hydrogens is 526 g/mol. The maximum atomic E-state index is 4.73. The molecule has 0 aliphatic heterocycles. The Balaban J connectivity index is 1.30. The van der Waals surface area contributed by atoms with E-state index < -0.39 is 0 Å². The molecule has 0 spiro atoms. The second-order valence-electron chi connectivity index (χ2n) is 10.4. The lowest BCUT2D eigenvalue weighted by Gasteiger charge is -2.10. The Morgan fingerprint density at radius 3 is 1.30 bits per heavy atom. The van der Waals surface area contributed by atoms with Crippen LogP contribution >= 0.6 is 0 Å². The molecule has 5 aromatic heterocycles. The summed E-state index contributed by atoms with van der Waals surface area (Å²) >= 11 is 0. The SMILES string of the molecule is c1ccc(-n2c3cc(-c4cc(-c5ccccn5)ccn4)ccc3c3ccc(-c4cc(-c5ccccn5)ccn4)cc32)cc1. The van der Waals surface area contributed by atoms with Gasteiger partial charge in [-0.05, 0) is 72.8 Å². The third-order valence-corrected chi connectivity index (χ3v) is 7.81. The van der Waals surface area contributed by atoms with Crippen molar-refractivity contribution in [1.82, 2.24) is 24.5 Å². The molecule has 43 heavy (non-hydrogen) atoms. The smallest absolute Gasteiger partial charge is 0.0709 e. The van der Waals surface area contributed by atoms with E-state index in [4.69, 9.17) is 9.97 Å². The minimum Gasteiger partial charge on any atom is -0.309 e. The lowest BCUT2D eigenvalue weighted by Crippen LogP contribution is -1.94. The highest BCUT2D eigenvalue weighted by molar-refractivity contribution is 6.11. The van der Waals surface area contributed by atoms with E-state index in [1.165, 1.54) is 10.8 Å². The summed E-state index contributed by atoms with van der Waals surface area (Å²) in [5.74, 6) is 0. The van der Waals surface area contributed by atoms with Gasteiger partial charge in [0.25, 0.3) is 0 Å². The first-order chi connectivity index (χ1) is 21.3. The van der Waals surface area contributed by atoms with Crippen LogP contribution in [0.2, 0.25) is 0 Å². The molecule has 0 saturated heterocycles. The van der Waals surface area contributed by atoms with Gasteiger partial charge >= 0.3 is 0 Å². The third-order valence-electron chi connectivity index (χ3n) is 7.81. The lowest BCUT2D eigenvalue weighted by molar-refractivity contribution is 1.18. The highest BCUT2D eigenvalue weighted by atomic mass is 15.0. The van der Waals surface area contributed by atoms with Gasteiger partial charge in [-0.25, -0.2) is 0 Å². The fraction of sp³-hybridized carbons (Fsp3) is 0. The summed E-state index contributed by atoms with van der Waals surface area (Å²) < 4.78 is 2.34. The summed E-state index contributed by atoms with van der Waals surface area (Å²) in [6.07, 6.45) is 7.35. The summed E-state index contributed by atoms with van der Waals surface area (Å²) in [5.41, 5.74) is 11.2. The van der Waals surface area contributed by atoms with E-state index in [-0.39, 0.29) is 0 Å². The standard InChI is InChI=1S/C38H25N5/c1-2-8-30(9-3-1)43-37-24-26(35-22-28(16-20-41-35)33-10-4-6-18-39-33)12-14-31(37)32-15-13-27(25-38(32)43)36-23-29(17-21-42-36)34-11-5-7-19-40-34/h1-25H. The number of benzene rings is 3. The second kappa shape index (κ2) is 10.5. The van der Waals surface area contributed by atoms with Gasteiger partial charge in [-0.2, -0.15) is 0 Å². The fourth-order valence-corrected chi connectivity index (χ4v) is 5.75. The van der Waals surface area contributed by atoms with Gasteiger partial charge in [0.05, 0.1) is 33.8 Å². The highest BCUT2D eigenvalue weighted by Gasteiger charge is 2.16. The number of para-hydroxylation sites is 1. The number of hydrogen-bond donors (Lipinski definition) is 0. The van der Waals surface area contributed by atoms with Gasteiger partial charge in [-0.15, -0.1) is 0 Å². The van der Waals surface area contributed by atoms with Crippen molar-refractivity contribution in [3.63, 3.8) is 0 Å². The van der Waals surface area contributed by atoms with Crippen LogP contribution in [0.1, 0.15) is 0 Å². The van der Waals surface area contributed by atoms with Crippen LogP contribution in [0.25, 0.3) is 72.5 Å². The summed E-state index contributed by atoms with van der Waals surface area (Å²) in [7, 11) is 0. The normalized spacial score (nSPS) is 11.3. The minimum absolute atomic E-state index is 0.908. The molecule has 0 N–H and O–H groups in total. The summed E-state index contributed by atoms with van der Waals surface area (Å²) in [6, 6.07) is 43.9. The molecule has 0 fully saturated rings. The van der Waals surface area contributed by atoms with E-state index in [9.17, 15) is 0 Å². The van der Waals surface area contributed by atoms with Crippen LogP contribution in [0.3, 0.4) is 0 Å². The first-order valence-electron chi connectivity index (χ1n) is 14.2. The molecule has 5 heteroatoms. The van der Waals surface area contributed by atoms with E-state index in [0.29, 0.717) is 0 Å². The van der Waals surface area contributed by atoms with E-state index >= 15 is 0 Å². The maximum absolute atomic E-state index is 4.73. The van der Waals surface area contributed by atoms with Crippen molar-refractivity contribution in [2.45, 2.75) is 0 Å². The Bertz CT molecular complexity index is 2080.